The van der Waals surface area contributed by atoms with Crippen molar-refractivity contribution in [2.75, 3.05) is 13.1 Å². The molecule has 0 atom stereocenters. The molecule has 7 nitrogen and oxygen atoms in total. The second kappa shape index (κ2) is 7.00. The number of rotatable bonds is 6. The number of benzene rings is 1. The number of nitrogens with one attached hydrogen (secondary N) is 1. The number of nitrogens with two attached hydrogens (primary N) is 1. The largest absolute Gasteiger partial charge is 0.327 e. The number of hydrogen-bond donors (Lipinski definition) is 2. The summed E-state index contributed by atoms with van der Waals surface area (Å²) >= 11 is 11.4. The van der Waals surface area contributed by atoms with E-state index in [0.29, 0.717) is 0 Å². The van der Waals surface area contributed by atoms with Gasteiger partial charge < -0.3 is 5.73 Å². The van der Waals surface area contributed by atoms with Crippen molar-refractivity contribution in [3.63, 3.8) is 0 Å². The summed E-state index contributed by atoms with van der Waals surface area (Å²) in [5, 5.41) is 10.1. The maximum atomic E-state index is 12.0. The van der Waals surface area contributed by atoms with Crippen molar-refractivity contribution in [3.8, 4) is 0 Å². The van der Waals surface area contributed by atoms with E-state index in [2.05, 4.69) is 4.72 Å². The molecule has 0 aliphatic heterocycles. The third kappa shape index (κ3) is 3.90. The average molecular weight is 340 g/mol. The van der Waals surface area contributed by atoms with Crippen molar-refractivity contribution in [1.29, 1.82) is 0 Å². The molecule has 0 unspecified atom stereocenters. The van der Waals surface area contributed by atoms with E-state index in [4.69, 9.17) is 28.9 Å². The molecular weight excluding hydrogens is 329 g/mol. The van der Waals surface area contributed by atoms with E-state index in [1.165, 1.54) is 6.08 Å². The topological polar surface area (TPSA) is 115 Å². The van der Waals surface area contributed by atoms with Crippen LogP contribution in [0.2, 0.25) is 10.0 Å². The summed E-state index contributed by atoms with van der Waals surface area (Å²) in [6.07, 6.45) is 3.07. The summed E-state index contributed by atoms with van der Waals surface area (Å²) in [6, 6.07) is 2.21. The van der Waals surface area contributed by atoms with E-state index in [1.807, 2.05) is 0 Å². The monoisotopic (exact) mass is 339 g/mol. The zero-order valence-electron chi connectivity index (χ0n) is 10.0. The van der Waals surface area contributed by atoms with Crippen molar-refractivity contribution in [1.82, 2.24) is 4.72 Å². The number of hydrogen-bond acceptors (Lipinski definition) is 5. The first-order valence-electron chi connectivity index (χ1n) is 5.28. The summed E-state index contributed by atoms with van der Waals surface area (Å²) in [7, 11) is -3.98. The summed E-state index contributed by atoms with van der Waals surface area (Å²) in [5.41, 5.74) is 4.56. The Balaban J connectivity index is 3.16. The molecule has 0 aliphatic carbocycles. The van der Waals surface area contributed by atoms with E-state index < -0.39 is 30.6 Å². The highest BCUT2D eigenvalue weighted by Gasteiger charge is 2.27. The normalized spacial score (nSPS) is 11.9. The van der Waals surface area contributed by atoms with Crippen LogP contribution in [0.3, 0.4) is 0 Å². The number of halogens is 2. The fourth-order valence-electron chi connectivity index (χ4n) is 1.31. The zero-order valence-corrected chi connectivity index (χ0v) is 12.4. The molecule has 0 amide bonds. The third-order valence-corrected chi connectivity index (χ3v) is 4.46. The van der Waals surface area contributed by atoms with Gasteiger partial charge in [-0.3, -0.25) is 10.1 Å². The second-order valence-electron chi connectivity index (χ2n) is 3.52. The lowest BCUT2D eigenvalue weighted by Crippen LogP contribution is -2.24. The molecule has 1 aromatic rings. The van der Waals surface area contributed by atoms with Crippen molar-refractivity contribution in [3.05, 3.63) is 44.4 Å². The van der Waals surface area contributed by atoms with Crippen LogP contribution >= 0.6 is 23.2 Å². The van der Waals surface area contributed by atoms with Gasteiger partial charge in [0.2, 0.25) is 10.0 Å². The van der Waals surface area contributed by atoms with Gasteiger partial charge in [-0.15, -0.1) is 0 Å². The van der Waals surface area contributed by atoms with Crippen LogP contribution in [0.4, 0.5) is 5.69 Å². The molecule has 0 bridgehead atoms. The van der Waals surface area contributed by atoms with Crippen molar-refractivity contribution < 1.29 is 13.3 Å². The van der Waals surface area contributed by atoms with Gasteiger partial charge in [-0.05, 0) is 12.1 Å². The standard InChI is InChI=1S/C10H11Cl2N3O4S/c11-7-3-4-8(9(12)10(7)15(16)17)20(18,19)14-6-2-1-5-13/h1-4,14H,5-6,13H2/b2-1+. The molecule has 3 N–H and O–H groups in total. The Morgan fingerprint density at radius 2 is 2.00 bits per heavy atom. The fraction of sp³-hybridized carbons (Fsp3) is 0.200. The Kier molecular flexibility index (Phi) is 5.90. The minimum Gasteiger partial charge on any atom is -0.327 e. The Bertz CT molecular complexity index is 646. The van der Waals surface area contributed by atoms with Crippen LogP contribution in [0, 0.1) is 10.1 Å². The molecular formula is C10H11Cl2N3O4S. The quantitative estimate of drug-likeness (QED) is 0.464. The van der Waals surface area contributed by atoms with Crippen molar-refractivity contribution >= 4 is 38.9 Å². The summed E-state index contributed by atoms with van der Waals surface area (Å²) in [5.74, 6) is 0. The van der Waals surface area contributed by atoms with Gasteiger partial charge in [0.1, 0.15) is 14.9 Å². The van der Waals surface area contributed by atoms with E-state index in [1.54, 1.807) is 6.08 Å². The predicted octanol–water partition coefficient (Wildman–Crippen LogP) is 1.69. The van der Waals surface area contributed by atoms with E-state index >= 15 is 0 Å². The molecule has 10 heteroatoms. The lowest BCUT2D eigenvalue weighted by atomic mass is 10.3. The predicted molar refractivity (Wildman–Crippen MR) is 76.5 cm³/mol. The lowest BCUT2D eigenvalue weighted by Gasteiger charge is -2.07. The molecule has 20 heavy (non-hydrogen) atoms. The molecule has 0 fully saturated rings. The van der Waals surface area contributed by atoms with Gasteiger partial charge in [0.05, 0.1) is 4.92 Å². The molecule has 0 aliphatic rings. The molecule has 110 valence electrons. The Hall–Kier alpha value is -1.19. The molecule has 1 rings (SSSR count). The first kappa shape index (κ1) is 16.9. The number of nitrogens with zero attached hydrogens (tertiary/aromatic N) is 1. The van der Waals surface area contributed by atoms with Gasteiger partial charge in [0, 0.05) is 13.1 Å². The number of nitro benzene ring substituents is 1. The Morgan fingerprint density at radius 1 is 1.35 bits per heavy atom. The summed E-state index contributed by atoms with van der Waals surface area (Å²) in [6.45, 7) is 0.265. The van der Waals surface area contributed by atoms with E-state index in [-0.39, 0.29) is 18.1 Å². The van der Waals surface area contributed by atoms with Gasteiger partial charge in [0.15, 0.2) is 0 Å². The lowest BCUT2D eigenvalue weighted by molar-refractivity contribution is -0.384. The average Bonchev–Trinajstić information content (AvgIpc) is 2.34. The maximum Gasteiger partial charge on any atom is 0.307 e. The SMILES string of the molecule is NC/C=C/CNS(=O)(=O)c1ccc(Cl)c([N+](=O)[O-])c1Cl. The van der Waals surface area contributed by atoms with Crippen molar-refractivity contribution in [2.45, 2.75) is 4.90 Å². The summed E-state index contributed by atoms with van der Waals surface area (Å²) < 4.78 is 26.2. The van der Waals surface area contributed by atoms with Gasteiger partial charge in [-0.2, -0.15) is 0 Å². The Morgan fingerprint density at radius 3 is 2.55 bits per heavy atom. The highest BCUT2D eigenvalue weighted by Crippen LogP contribution is 2.36. The highest BCUT2D eigenvalue weighted by molar-refractivity contribution is 7.89. The van der Waals surface area contributed by atoms with Crippen LogP contribution in [0.5, 0.6) is 0 Å². The van der Waals surface area contributed by atoms with Crippen LogP contribution in [0.1, 0.15) is 0 Å². The molecule has 0 saturated heterocycles. The van der Waals surface area contributed by atoms with Crippen LogP contribution in [-0.4, -0.2) is 26.4 Å². The van der Waals surface area contributed by atoms with Crippen LogP contribution in [0.15, 0.2) is 29.2 Å². The number of nitro groups is 1. The highest BCUT2D eigenvalue weighted by atomic mass is 35.5. The number of sulfonamides is 1. The first-order valence-corrected chi connectivity index (χ1v) is 7.52. The molecule has 0 aromatic heterocycles. The second-order valence-corrected chi connectivity index (χ2v) is 6.04. The van der Waals surface area contributed by atoms with Gasteiger partial charge in [0.25, 0.3) is 0 Å². The molecule has 0 radical (unpaired) electrons. The van der Waals surface area contributed by atoms with Gasteiger partial charge in [-0.25, -0.2) is 13.1 Å². The molecule has 1 aromatic carbocycles. The fourth-order valence-corrected chi connectivity index (χ4v) is 3.18. The van der Waals surface area contributed by atoms with Crippen molar-refractivity contribution in [2.24, 2.45) is 5.73 Å². The molecule has 0 saturated carbocycles. The smallest absolute Gasteiger partial charge is 0.307 e. The van der Waals surface area contributed by atoms with E-state index in [0.717, 1.165) is 12.1 Å². The minimum atomic E-state index is -3.98. The van der Waals surface area contributed by atoms with E-state index in [9.17, 15) is 18.5 Å². The summed E-state index contributed by atoms with van der Waals surface area (Å²) in [4.78, 5) is 9.58. The van der Waals surface area contributed by atoms with Crippen LogP contribution < -0.4 is 10.5 Å². The maximum absolute atomic E-state index is 12.0. The van der Waals surface area contributed by atoms with Gasteiger partial charge >= 0.3 is 5.69 Å². The Labute approximate surface area is 125 Å². The van der Waals surface area contributed by atoms with Crippen LogP contribution in [0.25, 0.3) is 0 Å². The third-order valence-electron chi connectivity index (χ3n) is 2.20. The van der Waals surface area contributed by atoms with Gasteiger partial charge in [-0.1, -0.05) is 35.4 Å². The molecule has 0 heterocycles. The first-order chi connectivity index (χ1) is 9.31. The molecule has 0 spiro atoms. The zero-order chi connectivity index (χ0) is 15.3. The van der Waals surface area contributed by atoms with Crippen LogP contribution in [-0.2, 0) is 10.0 Å². The minimum absolute atomic E-state index is 0.00765.